The van der Waals surface area contributed by atoms with Crippen LogP contribution in [0.15, 0.2) is 35.1 Å². The van der Waals surface area contributed by atoms with Gasteiger partial charge in [0.05, 0.1) is 24.0 Å². The molecular weight excluding hydrogens is 349 g/mol. The Balaban J connectivity index is 1.37. The number of hydrogen-bond donors (Lipinski definition) is 0. The Labute approximate surface area is 157 Å². The first kappa shape index (κ1) is 18.0. The average molecular weight is 373 g/mol. The molecule has 2 saturated heterocycles. The van der Waals surface area contributed by atoms with E-state index in [4.69, 9.17) is 9.15 Å². The summed E-state index contributed by atoms with van der Waals surface area (Å²) in [6.07, 6.45) is 4.99. The summed E-state index contributed by atoms with van der Waals surface area (Å²) in [4.78, 5) is 20.8. The van der Waals surface area contributed by atoms with Gasteiger partial charge < -0.3 is 14.1 Å². The van der Waals surface area contributed by atoms with E-state index in [9.17, 15) is 9.18 Å². The van der Waals surface area contributed by atoms with Crippen LogP contribution < -0.4 is 4.74 Å². The van der Waals surface area contributed by atoms with Gasteiger partial charge in [0, 0.05) is 19.3 Å². The van der Waals surface area contributed by atoms with Crippen LogP contribution in [0.4, 0.5) is 4.39 Å². The minimum atomic E-state index is -0.434. The summed E-state index contributed by atoms with van der Waals surface area (Å²) in [6, 6.07) is 4.63. The number of aromatic nitrogens is 1. The Kier molecular flexibility index (Phi) is 4.63. The van der Waals surface area contributed by atoms with Gasteiger partial charge in [0.2, 0.25) is 5.88 Å². The van der Waals surface area contributed by atoms with Crippen molar-refractivity contribution in [1.82, 2.24) is 14.8 Å². The molecule has 4 heterocycles. The molecule has 2 aliphatic heterocycles. The van der Waals surface area contributed by atoms with E-state index in [1.807, 2.05) is 4.90 Å². The fourth-order valence-corrected chi connectivity index (χ4v) is 4.18. The molecule has 2 fully saturated rings. The van der Waals surface area contributed by atoms with E-state index < -0.39 is 5.82 Å². The second kappa shape index (κ2) is 6.96. The Morgan fingerprint density at radius 3 is 2.96 bits per heavy atom. The number of furan rings is 1. The molecule has 0 saturated carbocycles. The molecule has 2 aromatic rings. The number of halogens is 1. The van der Waals surface area contributed by atoms with Gasteiger partial charge in [0.1, 0.15) is 5.76 Å². The second-order valence-electron chi connectivity index (χ2n) is 7.66. The van der Waals surface area contributed by atoms with Crippen molar-refractivity contribution in [2.24, 2.45) is 5.92 Å². The largest absolute Gasteiger partial charge is 0.475 e. The zero-order chi connectivity index (χ0) is 19.0. The van der Waals surface area contributed by atoms with E-state index in [-0.39, 0.29) is 17.3 Å². The number of nitrogens with zero attached hydrogens (tertiary/aromatic N) is 3. The maximum atomic E-state index is 13.7. The van der Waals surface area contributed by atoms with Crippen LogP contribution in [0.1, 0.15) is 29.0 Å². The predicted octanol–water partition coefficient (Wildman–Crippen LogP) is 2.74. The molecule has 27 heavy (non-hydrogen) atoms. The Morgan fingerprint density at radius 1 is 1.44 bits per heavy atom. The van der Waals surface area contributed by atoms with E-state index in [0.717, 1.165) is 19.4 Å². The predicted molar refractivity (Wildman–Crippen MR) is 97.1 cm³/mol. The van der Waals surface area contributed by atoms with Gasteiger partial charge in [0.15, 0.2) is 5.82 Å². The van der Waals surface area contributed by atoms with E-state index in [1.54, 1.807) is 25.3 Å². The summed E-state index contributed by atoms with van der Waals surface area (Å²) >= 11 is 0. The fourth-order valence-electron chi connectivity index (χ4n) is 4.18. The number of amides is 1. The van der Waals surface area contributed by atoms with Gasteiger partial charge in [0.25, 0.3) is 5.91 Å². The third-order valence-electron chi connectivity index (χ3n) is 5.88. The molecule has 1 atom stereocenters. The van der Waals surface area contributed by atoms with Crippen LogP contribution in [0.3, 0.4) is 0 Å². The monoisotopic (exact) mass is 373 g/mol. The number of carbonyl (C=O) groups is 1. The highest BCUT2D eigenvalue weighted by Gasteiger charge is 2.51. The highest BCUT2D eigenvalue weighted by Crippen LogP contribution is 2.39. The van der Waals surface area contributed by atoms with Gasteiger partial charge in [-0.1, -0.05) is 0 Å². The highest BCUT2D eigenvalue weighted by molar-refractivity contribution is 5.95. The first-order chi connectivity index (χ1) is 13.0. The average Bonchev–Trinajstić information content (AvgIpc) is 3.06. The number of piperidine rings is 1. The van der Waals surface area contributed by atoms with Crippen LogP contribution in [0.25, 0.3) is 0 Å². The molecule has 4 rings (SSSR count). The Bertz CT molecular complexity index is 831. The summed E-state index contributed by atoms with van der Waals surface area (Å²) in [5.74, 6) is 0.619. The molecule has 1 unspecified atom stereocenters. The lowest BCUT2D eigenvalue weighted by Crippen LogP contribution is -2.72. The molecule has 0 aromatic carbocycles. The van der Waals surface area contributed by atoms with Gasteiger partial charge in [-0.05, 0) is 57.5 Å². The Morgan fingerprint density at radius 2 is 2.26 bits per heavy atom. The van der Waals surface area contributed by atoms with Gasteiger partial charge in [-0.2, -0.15) is 0 Å². The number of aryl methyl sites for hydroxylation is 1. The van der Waals surface area contributed by atoms with Crippen LogP contribution in [-0.4, -0.2) is 59.5 Å². The number of rotatable bonds is 4. The maximum Gasteiger partial charge on any atom is 0.257 e. The third kappa shape index (κ3) is 3.32. The molecule has 1 spiro atoms. The minimum absolute atomic E-state index is 0.0224. The molecule has 0 aliphatic carbocycles. The summed E-state index contributed by atoms with van der Waals surface area (Å²) in [5.41, 5.74) is 0.608. The van der Waals surface area contributed by atoms with Crippen molar-refractivity contribution in [2.75, 3.05) is 33.3 Å². The Hall–Kier alpha value is -2.41. The van der Waals surface area contributed by atoms with Gasteiger partial charge >= 0.3 is 0 Å². The van der Waals surface area contributed by atoms with E-state index in [1.165, 1.54) is 12.3 Å². The molecule has 0 radical (unpaired) electrons. The smallest absolute Gasteiger partial charge is 0.257 e. The van der Waals surface area contributed by atoms with Crippen LogP contribution in [0.2, 0.25) is 0 Å². The zero-order valence-electron chi connectivity index (χ0n) is 15.7. The van der Waals surface area contributed by atoms with Crippen molar-refractivity contribution >= 4 is 5.91 Å². The molecule has 0 N–H and O–H groups in total. The molecule has 7 heteroatoms. The molecule has 6 nitrogen and oxygen atoms in total. The van der Waals surface area contributed by atoms with E-state index in [0.29, 0.717) is 36.9 Å². The molecule has 144 valence electrons. The van der Waals surface area contributed by atoms with Crippen LogP contribution in [0.5, 0.6) is 5.88 Å². The third-order valence-corrected chi connectivity index (χ3v) is 5.88. The lowest BCUT2D eigenvalue weighted by atomic mass is 9.75. The minimum Gasteiger partial charge on any atom is -0.475 e. The van der Waals surface area contributed by atoms with Crippen molar-refractivity contribution in [3.63, 3.8) is 0 Å². The lowest BCUT2D eigenvalue weighted by molar-refractivity contribution is -0.0697. The topological polar surface area (TPSA) is 58.8 Å². The quantitative estimate of drug-likeness (QED) is 0.825. The fraction of sp³-hybridized carbons (Fsp3) is 0.500. The number of ether oxygens (including phenoxy) is 1. The number of carbonyl (C=O) groups excluding carboxylic acids is 1. The first-order valence-corrected chi connectivity index (χ1v) is 9.26. The number of hydrogen-bond acceptors (Lipinski definition) is 5. The maximum absolute atomic E-state index is 13.7. The molecule has 2 aromatic heterocycles. The number of pyridine rings is 1. The van der Waals surface area contributed by atoms with Crippen LogP contribution in [-0.2, 0) is 0 Å². The van der Waals surface area contributed by atoms with Crippen LogP contribution in [0, 0.1) is 18.7 Å². The lowest BCUT2D eigenvalue weighted by Gasteiger charge is -2.58. The highest BCUT2D eigenvalue weighted by atomic mass is 19.1. The second-order valence-corrected chi connectivity index (χ2v) is 7.66. The molecule has 1 amide bonds. The normalized spacial score (nSPS) is 21.9. The molecule has 0 bridgehead atoms. The van der Waals surface area contributed by atoms with Crippen LogP contribution >= 0.6 is 0 Å². The van der Waals surface area contributed by atoms with Crippen molar-refractivity contribution in [3.8, 4) is 5.88 Å². The zero-order valence-corrected chi connectivity index (χ0v) is 15.7. The number of likely N-dealkylation sites (N-methyl/N-ethyl adjacent to an activating group) is 1. The van der Waals surface area contributed by atoms with E-state index >= 15 is 0 Å². The summed E-state index contributed by atoms with van der Waals surface area (Å²) in [5, 5.41) is 0. The SMILES string of the molecule is Cc1occc1C(=O)N1CC2(CC(COc3ncccc3F)CCN2C)C1. The molecular formula is C20H24FN3O3. The van der Waals surface area contributed by atoms with Crippen molar-refractivity contribution in [3.05, 3.63) is 47.8 Å². The summed E-state index contributed by atoms with van der Waals surface area (Å²) in [6.45, 7) is 4.58. The van der Waals surface area contributed by atoms with Crippen molar-refractivity contribution in [1.29, 1.82) is 0 Å². The van der Waals surface area contributed by atoms with Gasteiger partial charge in [-0.15, -0.1) is 0 Å². The van der Waals surface area contributed by atoms with Crippen molar-refractivity contribution in [2.45, 2.75) is 25.3 Å². The molecule has 2 aliphatic rings. The first-order valence-electron chi connectivity index (χ1n) is 9.26. The van der Waals surface area contributed by atoms with E-state index in [2.05, 4.69) is 16.9 Å². The van der Waals surface area contributed by atoms with Gasteiger partial charge in [-0.3, -0.25) is 9.69 Å². The summed E-state index contributed by atoms with van der Waals surface area (Å²) in [7, 11) is 2.11. The summed E-state index contributed by atoms with van der Waals surface area (Å²) < 4.78 is 24.6. The standard InChI is InChI=1S/C20H24FN3O3/c1-14-16(6-9-26-14)19(25)24-12-20(13-24)10-15(5-8-23(20)2)11-27-18-17(21)4-3-7-22-18/h3-4,6-7,9,15H,5,8,10-13H2,1-2H3. The van der Waals surface area contributed by atoms with Gasteiger partial charge in [-0.25, -0.2) is 9.37 Å². The number of likely N-dealkylation sites (tertiary alicyclic amines) is 2. The van der Waals surface area contributed by atoms with Crippen molar-refractivity contribution < 1.29 is 18.3 Å².